The van der Waals surface area contributed by atoms with Crippen LogP contribution in [0.3, 0.4) is 0 Å². The van der Waals surface area contributed by atoms with E-state index in [1.807, 2.05) is 0 Å². The van der Waals surface area contributed by atoms with Gasteiger partial charge >= 0.3 is 0 Å². The minimum Gasteiger partial charge on any atom is -0.251 e. The summed E-state index contributed by atoms with van der Waals surface area (Å²) in [5.41, 5.74) is 18.9. The second kappa shape index (κ2) is 24.1. The first-order chi connectivity index (χ1) is 28.1. The van der Waals surface area contributed by atoms with Crippen LogP contribution < -0.4 is 0 Å². The molecule has 332 valence electrons. The van der Waals surface area contributed by atoms with Crippen LogP contribution in [0.4, 0.5) is 22.7 Å². The van der Waals surface area contributed by atoms with Gasteiger partial charge in [-0.05, 0) is 120 Å². The Morgan fingerprint density at radius 2 is 0.377 bits per heavy atom. The third-order valence-corrected chi connectivity index (χ3v) is 11.5. The van der Waals surface area contributed by atoms with Crippen molar-refractivity contribution in [1.82, 2.24) is 0 Å². The zero-order chi connectivity index (χ0) is 45.2. The van der Waals surface area contributed by atoms with E-state index in [0.717, 1.165) is 45.6 Å². The van der Waals surface area contributed by atoms with Crippen molar-refractivity contribution in [2.45, 2.75) is 186 Å². The maximum atomic E-state index is 5.13. The van der Waals surface area contributed by atoms with E-state index in [1.165, 1.54) is 44.5 Å². The molecule has 4 aromatic carbocycles. The van der Waals surface area contributed by atoms with Gasteiger partial charge in [-0.3, -0.25) is 20.0 Å². The average Bonchev–Trinajstić information content (AvgIpc) is 3.17. The van der Waals surface area contributed by atoms with Crippen molar-refractivity contribution in [3.05, 3.63) is 117 Å². The van der Waals surface area contributed by atoms with Gasteiger partial charge in [-0.1, -0.05) is 184 Å². The smallest absolute Gasteiger partial charge is 0.0702 e. The summed E-state index contributed by atoms with van der Waals surface area (Å²) in [5, 5.41) is 0. The third kappa shape index (κ3) is 14.0. The molecule has 0 N–H and O–H groups in total. The normalized spacial score (nSPS) is 13.0. The van der Waals surface area contributed by atoms with Crippen molar-refractivity contribution in [1.29, 1.82) is 0 Å². The number of para-hydroxylation sites is 4. The predicted molar refractivity (Wildman–Crippen MR) is 270 cm³/mol. The van der Waals surface area contributed by atoms with Crippen molar-refractivity contribution in [3.63, 3.8) is 0 Å². The van der Waals surface area contributed by atoms with E-state index in [0.29, 0.717) is 47.3 Å². The first-order valence-electron chi connectivity index (χ1n) is 22.8. The topological polar surface area (TPSA) is 49.4 Å². The Labute approximate surface area is 383 Å². The summed E-state index contributed by atoms with van der Waals surface area (Å²) in [5.74, 6) is 3.46. The molecule has 0 saturated heterocycles. The van der Waals surface area contributed by atoms with Crippen LogP contribution in [-0.2, 0) is 17.1 Å². The molecule has 0 aromatic heterocycles. The molecule has 0 fully saturated rings. The van der Waals surface area contributed by atoms with E-state index >= 15 is 0 Å². The van der Waals surface area contributed by atoms with Gasteiger partial charge in [-0.15, -0.1) is 0 Å². The van der Waals surface area contributed by atoms with Gasteiger partial charge in [0.05, 0.1) is 45.6 Å². The molecule has 4 nitrogen and oxygen atoms in total. The molecule has 4 rings (SSSR count). The molecule has 0 saturated carbocycles. The monoisotopic (exact) mass is 865 g/mol. The summed E-state index contributed by atoms with van der Waals surface area (Å²) in [6, 6.07) is 26.3. The first-order valence-corrected chi connectivity index (χ1v) is 22.8. The molecule has 0 amide bonds. The number of aliphatic imine (C=N–C) groups is 4. The third-order valence-electron chi connectivity index (χ3n) is 11.5. The minimum atomic E-state index is 0. The van der Waals surface area contributed by atoms with Crippen LogP contribution in [0.15, 0.2) is 92.8 Å². The summed E-state index contributed by atoms with van der Waals surface area (Å²) in [6.07, 6.45) is 0. The Balaban J connectivity index is 0.000000413. The molecule has 0 aliphatic rings. The van der Waals surface area contributed by atoms with Gasteiger partial charge in [-0.2, -0.15) is 0 Å². The van der Waals surface area contributed by atoms with Gasteiger partial charge in [0.2, 0.25) is 0 Å². The maximum absolute atomic E-state index is 5.13. The molecule has 0 radical (unpaired) electrons. The van der Waals surface area contributed by atoms with E-state index < -0.39 is 0 Å². The van der Waals surface area contributed by atoms with Gasteiger partial charge in [0.1, 0.15) is 0 Å². The second-order valence-corrected chi connectivity index (χ2v) is 19.2. The van der Waals surface area contributed by atoms with Crippen LogP contribution in [0.25, 0.3) is 0 Å². The van der Waals surface area contributed by atoms with Crippen LogP contribution in [-0.4, -0.2) is 22.8 Å². The molecule has 0 spiro atoms. The molecule has 0 heterocycles. The van der Waals surface area contributed by atoms with Crippen LogP contribution in [0, 0.1) is 0 Å². The summed E-state index contributed by atoms with van der Waals surface area (Å²) in [4.78, 5) is 20.5. The fraction of sp³-hybridized carbons (Fsp3) is 0.500. The number of rotatable bonds is 14. The van der Waals surface area contributed by atoms with Gasteiger partial charge < -0.3 is 0 Å². The molecule has 5 heteroatoms. The quantitative estimate of drug-likeness (QED) is 0.0896. The number of hydrogen-bond acceptors (Lipinski definition) is 4. The number of hydrogen-bond donors (Lipinski definition) is 0. The maximum Gasteiger partial charge on any atom is 0.0702 e. The molecule has 4 aromatic rings. The van der Waals surface area contributed by atoms with E-state index in [1.54, 1.807) is 0 Å². The first kappa shape index (κ1) is 53.2. The number of benzene rings is 4. The Hall–Kier alpha value is -3.92. The van der Waals surface area contributed by atoms with E-state index in [4.69, 9.17) is 20.0 Å². The van der Waals surface area contributed by atoms with Crippen LogP contribution in [0.5, 0.6) is 0 Å². The molecule has 0 atom stereocenters. The van der Waals surface area contributed by atoms with Gasteiger partial charge in [0, 0.05) is 17.1 Å². The van der Waals surface area contributed by atoms with Crippen molar-refractivity contribution in [2.24, 2.45) is 20.0 Å². The minimum absolute atomic E-state index is 0. The molecular formula is C56H80FeN4. The van der Waals surface area contributed by atoms with Crippen molar-refractivity contribution in [3.8, 4) is 0 Å². The van der Waals surface area contributed by atoms with Crippen LogP contribution >= 0.6 is 0 Å². The average molecular weight is 865 g/mol. The Morgan fingerprint density at radius 3 is 0.475 bits per heavy atom. The zero-order valence-electron chi connectivity index (χ0n) is 41.7. The van der Waals surface area contributed by atoms with Crippen LogP contribution in [0.2, 0.25) is 0 Å². The Kier molecular flexibility index (Phi) is 21.0. The molecule has 61 heavy (non-hydrogen) atoms. The van der Waals surface area contributed by atoms with Crippen LogP contribution in [0.1, 0.15) is 230 Å². The van der Waals surface area contributed by atoms with E-state index in [9.17, 15) is 0 Å². The van der Waals surface area contributed by atoms with Crippen molar-refractivity contribution >= 4 is 45.6 Å². The zero-order valence-corrected chi connectivity index (χ0v) is 42.8. The summed E-state index contributed by atoms with van der Waals surface area (Å²) in [6.45, 7) is 44.2. The van der Waals surface area contributed by atoms with Gasteiger partial charge in [0.25, 0.3) is 0 Å². The Bertz CT molecular complexity index is 1760. The molecule has 0 aliphatic carbocycles. The van der Waals surface area contributed by atoms with E-state index in [2.05, 4.69) is 211 Å². The fourth-order valence-electron chi connectivity index (χ4n) is 7.56. The molecule has 0 aliphatic heterocycles. The summed E-state index contributed by atoms with van der Waals surface area (Å²) < 4.78 is 0. The van der Waals surface area contributed by atoms with Crippen molar-refractivity contribution in [2.75, 3.05) is 0 Å². The molecule has 0 bridgehead atoms. The summed E-state index contributed by atoms with van der Waals surface area (Å²) in [7, 11) is 0. The van der Waals surface area contributed by atoms with Crippen molar-refractivity contribution < 1.29 is 17.1 Å². The van der Waals surface area contributed by atoms with Gasteiger partial charge in [0.15, 0.2) is 0 Å². The predicted octanol–water partition coefficient (Wildman–Crippen LogP) is 18.1. The Morgan fingerprint density at radius 1 is 0.262 bits per heavy atom. The fourth-order valence-corrected chi connectivity index (χ4v) is 7.56. The standard InChI is InChI=1S/2C28H40N2.Fe/c2*1-17(2)23-13-11-14-24(18(3)4)27(23)29-21(9)22(10)30-28-25(19(5)6)15-12-16-26(28)20(7)8;/h2*11-20H,1-10H3;. The summed E-state index contributed by atoms with van der Waals surface area (Å²) >= 11 is 0. The van der Waals surface area contributed by atoms with E-state index in [-0.39, 0.29) is 17.1 Å². The van der Waals surface area contributed by atoms with Gasteiger partial charge in [-0.25, -0.2) is 0 Å². The number of nitrogens with zero attached hydrogens (tertiary/aromatic N) is 4. The molecular weight excluding hydrogens is 784 g/mol. The second-order valence-electron chi connectivity index (χ2n) is 19.2. The molecule has 0 unspecified atom stereocenters. The largest absolute Gasteiger partial charge is 0.251 e. The SMILES string of the molecule is CC(=Nc1c(C(C)C)cccc1C(C)C)C(C)=Nc1c(C(C)C)cccc1C(C)C.CC(=Nc1c(C(C)C)cccc1C(C)C)C(C)=Nc1c(C(C)C)cccc1C(C)C.[Fe].